The summed E-state index contributed by atoms with van der Waals surface area (Å²) in [4.78, 5) is 33.6. The number of fused-ring (bicyclic) bond motifs is 1. The Bertz CT molecular complexity index is 1270. The summed E-state index contributed by atoms with van der Waals surface area (Å²) in [6, 6.07) is 15.6. The van der Waals surface area contributed by atoms with Crippen LogP contribution in [0.5, 0.6) is 0 Å². The molecule has 1 amide bonds. The second kappa shape index (κ2) is 8.80. The van der Waals surface area contributed by atoms with Crippen molar-refractivity contribution in [2.75, 3.05) is 4.90 Å². The number of nitro groups is 1. The van der Waals surface area contributed by atoms with E-state index < -0.39 is 4.92 Å². The quantitative estimate of drug-likeness (QED) is 0.242. The van der Waals surface area contributed by atoms with E-state index in [0.717, 1.165) is 0 Å². The zero-order valence-electron chi connectivity index (χ0n) is 16.0. The van der Waals surface area contributed by atoms with E-state index in [0.29, 0.717) is 26.6 Å². The van der Waals surface area contributed by atoms with Crippen molar-refractivity contribution in [1.82, 2.24) is 9.97 Å². The lowest BCUT2D eigenvalue weighted by molar-refractivity contribution is -0.384. The maximum absolute atomic E-state index is 13.6. The number of halogens is 1. The lowest BCUT2D eigenvalue weighted by Crippen LogP contribution is -2.29. The molecule has 0 atom stereocenters. The molecule has 7 nitrogen and oxygen atoms in total. The summed E-state index contributed by atoms with van der Waals surface area (Å²) in [7, 11) is 0. The van der Waals surface area contributed by atoms with Crippen molar-refractivity contribution in [2.24, 2.45) is 0 Å². The summed E-state index contributed by atoms with van der Waals surface area (Å²) in [5.41, 5.74) is 1.88. The van der Waals surface area contributed by atoms with Gasteiger partial charge in [0.25, 0.3) is 11.6 Å². The van der Waals surface area contributed by atoms with E-state index in [1.807, 2.05) is 6.07 Å². The molecule has 0 saturated heterocycles. The number of carbonyl (C=O) groups is 1. The second-order valence-corrected chi connectivity index (χ2v) is 7.55. The zero-order valence-corrected chi connectivity index (χ0v) is 16.8. The molecule has 0 aliphatic heterocycles. The Hall–Kier alpha value is -3.98. The minimum Gasteiger partial charge on any atom is -0.278 e. The van der Waals surface area contributed by atoms with E-state index in [4.69, 9.17) is 0 Å². The number of anilines is 1. The average molecular weight is 434 g/mol. The van der Waals surface area contributed by atoms with Gasteiger partial charge in [-0.2, -0.15) is 0 Å². The number of nitro benzene ring substituents is 1. The maximum Gasteiger partial charge on any atom is 0.269 e. The van der Waals surface area contributed by atoms with Crippen molar-refractivity contribution in [3.8, 4) is 0 Å². The average Bonchev–Trinajstić information content (AvgIpc) is 3.19. The van der Waals surface area contributed by atoms with E-state index in [1.54, 1.807) is 42.6 Å². The highest BCUT2D eigenvalue weighted by atomic mass is 32.1. The summed E-state index contributed by atoms with van der Waals surface area (Å²) in [6.07, 6.45) is 4.58. The predicted molar refractivity (Wildman–Crippen MR) is 117 cm³/mol. The molecule has 9 heteroatoms. The topological polar surface area (TPSA) is 89.2 Å². The van der Waals surface area contributed by atoms with Crippen LogP contribution < -0.4 is 4.90 Å². The molecule has 0 unspecified atom stereocenters. The molecule has 0 saturated carbocycles. The summed E-state index contributed by atoms with van der Waals surface area (Å²) in [5, 5.41) is 11.2. The van der Waals surface area contributed by atoms with Crippen LogP contribution in [0.25, 0.3) is 16.3 Å². The zero-order chi connectivity index (χ0) is 21.8. The Morgan fingerprint density at radius 2 is 1.97 bits per heavy atom. The Balaban J connectivity index is 1.64. The van der Waals surface area contributed by atoms with Crippen LogP contribution in [0.2, 0.25) is 0 Å². The van der Waals surface area contributed by atoms with Crippen LogP contribution in [-0.2, 0) is 11.3 Å². The molecular formula is C22H15FN4O3S. The van der Waals surface area contributed by atoms with Crippen LogP contribution in [0.15, 0.2) is 72.9 Å². The van der Waals surface area contributed by atoms with Gasteiger partial charge in [0.1, 0.15) is 5.82 Å². The van der Waals surface area contributed by atoms with Gasteiger partial charge in [0.15, 0.2) is 5.13 Å². The summed E-state index contributed by atoms with van der Waals surface area (Å²) >= 11 is 1.21. The van der Waals surface area contributed by atoms with Crippen LogP contribution in [0.1, 0.15) is 11.3 Å². The van der Waals surface area contributed by atoms with Gasteiger partial charge in [-0.3, -0.25) is 24.8 Å². The molecule has 4 rings (SSSR count). The standard InChI is InChI=1S/C22H15FN4O3S/c23-16-7-10-19-20(13-16)31-22(25-19)26(14-17-3-1-2-12-24-17)21(28)11-6-15-4-8-18(9-5-15)27(29)30/h1-13H,14H2/b11-6+. The number of benzene rings is 2. The first kappa shape index (κ1) is 20.3. The fourth-order valence-corrected chi connectivity index (χ4v) is 3.86. The molecule has 2 aromatic heterocycles. The smallest absolute Gasteiger partial charge is 0.269 e. The Labute approximate surface area is 180 Å². The number of non-ortho nitro benzene ring substituents is 1. The molecule has 31 heavy (non-hydrogen) atoms. The number of hydrogen-bond donors (Lipinski definition) is 0. The third-order valence-corrected chi connectivity index (χ3v) is 5.45. The lowest BCUT2D eigenvalue weighted by atomic mass is 10.2. The van der Waals surface area contributed by atoms with Gasteiger partial charge < -0.3 is 0 Å². The largest absolute Gasteiger partial charge is 0.278 e. The first-order chi connectivity index (χ1) is 15.0. The van der Waals surface area contributed by atoms with Crippen molar-refractivity contribution in [2.45, 2.75) is 6.54 Å². The fraction of sp³-hybridized carbons (Fsp3) is 0.0455. The molecule has 0 radical (unpaired) electrons. The highest BCUT2D eigenvalue weighted by molar-refractivity contribution is 7.22. The Kier molecular flexibility index (Phi) is 5.76. The summed E-state index contributed by atoms with van der Waals surface area (Å²) < 4.78 is 14.2. The molecule has 2 aromatic carbocycles. The molecule has 0 spiro atoms. The Morgan fingerprint density at radius 1 is 1.16 bits per heavy atom. The van der Waals surface area contributed by atoms with Crippen molar-refractivity contribution in [3.63, 3.8) is 0 Å². The Morgan fingerprint density at radius 3 is 2.68 bits per heavy atom. The fourth-order valence-electron chi connectivity index (χ4n) is 2.86. The highest BCUT2D eigenvalue weighted by Crippen LogP contribution is 2.30. The molecule has 0 aliphatic rings. The molecule has 4 aromatic rings. The molecule has 0 fully saturated rings. The van der Waals surface area contributed by atoms with E-state index >= 15 is 0 Å². The van der Waals surface area contributed by atoms with Gasteiger partial charge >= 0.3 is 0 Å². The SMILES string of the molecule is O=C(/C=C/c1ccc([N+](=O)[O-])cc1)N(Cc1ccccn1)c1nc2ccc(F)cc2s1. The first-order valence-corrected chi connectivity index (χ1v) is 10.0. The maximum atomic E-state index is 13.6. The molecular weight excluding hydrogens is 419 g/mol. The normalized spacial score (nSPS) is 11.1. The number of carbonyl (C=O) groups excluding carboxylic acids is 1. The van der Waals surface area contributed by atoms with Crippen molar-refractivity contribution in [3.05, 3.63) is 100 Å². The summed E-state index contributed by atoms with van der Waals surface area (Å²) in [5.74, 6) is -0.716. The van der Waals surface area contributed by atoms with Gasteiger partial charge in [-0.05, 0) is 54.1 Å². The van der Waals surface area contributed by atoms with Crippen molar-refractivity contribution in [1.29, 1.82) is 0 Å². The number of amides is 1. The minimum atomic E-state index is -0.483. The number of rotatable bonds is 6. The molecule has 0 N–H and O–H groups in total. The van der Waals surface area contributed by atoms with Gasteiger partial charge in [-0.1, -0.05) is 17.4 Å². The number of aromatic nitrogens is 2. The monoisotopic (exact) mass is 434 g/mol. The van der Waals surface area contributed by atoms with Crippen LogP contribution in [0, 0.1) is 15.9 Å². The third-order valence-electron chi connectivity index (χ3n) is 4.40. The highest BCUT2D eigenvalue weighted by Gasteiger charge is 2.19. The number of nitrogens with zero attached hydrogens (tertiary/aromatic N) is 4. The minimum absolute atomic E-state index is 0.0260. The summed E-state index contributed by atoms with van der Waals surface area (Å²) in [6.45, 7) is 0.187. The van der Waals surface area contributed by atoms with E-state index in [1.165, 1.54) is 46.6 Å². The van der Waals surface area contributed by atoms with Gasteiger partial charge in [0.2, 0.25) is 0 Å². The number of pyridine rings is 1. The van der Waals surface area contributed by atoms with Gasteiger partial charge in [-0.15, -0.1) is 0 Å². The van der Waals surface area contributed by atoms with Crippen LogP contribution in [0.3, 0.4) is 0 Å². The van der Waals surface area contributed by atoms with Crippen molar-refractivity contribution < 1.29 is 14.1 Å². The van der Waals surface area contributed by atoms with Gasteiger partial charge in [-0.25, -0.2) is 9.37 Å². The number of thiazole rings is 1. The first-order valence-electron chi connectivity index (χ1n) is 9.19. The second-order valence-electron chi connectivity index (χ2n) is 6.54. The van der Waals surface area contributed by atoms with Gasteiger partial charge in [0.05, 0.1) is 27.4 Å². The lowest BCUT2D eigenvalue weighted by Gasteiger charge is -2.17. The molecule has 154 valence electrons. The predicted octanol–water partition coefficient (Wildman–Crippen LogP) is 4.99. The van der Waals surface area contributed by atoms with Crippen LogP contribution in [-0.4, -0.2) is 20.8 Å². The van der Waals surface area contributed by atoms with E-state index in [2.05, 4.69) is 9.97 Å². The molecule has 0 aliphatic carbocycles. The van der Waals surface area contributed by atoms with Gasteiger partial charge in [0, 0.05) is 24.4 Å². The third kappa shape index (κ3) is 4.78. The van der Waals surface area contributed by atoms with E-state index in [-0.39, 0.29) is 24.0 Å². The van der Waals surface area contributed by atoms with Crippen LogP contribution >= 0.6 is 11.3 Å². The van der Waals surface area contributed by atoms with Crippen molar-refractivity contribution >= 4 is 44.4 Å². The van der Waals surface area contributed by atoms with Crippen LogP contribution in [0.4, 0.5) is 15.2 Å². The molecule has 0 bridgehead atoms. The number of hydrogen-bond acceptors (Lipinski definition) is 6. The molecule has 2 heterocycles. The van der Waals surface area contributed by atoms with E-state index in [9.17, 15) is 19.3 Å².